The molecule has 114 valence electrons. The lowest BCUT2D eigenvalue weighted by atomic mass is 10.2. The van der Waals surface area contributed by atoms with Gasteiger partial charge in [-0.25, -0.2) is 4.79 Å². The molecule has 0 spiro atoms. The van der Waals surface area contributed by atoms with E-state index in [4.69, 9.17) is 14.9 Å². The summed E-state index contributed by atoms with van der Waals surface area (Å²) < 4.78 is 5.66. The number of amides is 3. The van der Waals surface area contributed by atoms with Crippen molar-refractivity contribution in [3.05, 3.63) is 24.3 Å². The minimum atomic E-state index is -0.388. The molecule has 8 heteroatoms. The maximum absolute atomic E-state index is 11.3. The van der Waals surface area contributed by atoms with Crippen LogP contribution in [-0.2, 0) is 4.79 Å². The van der Waals surface area contributed by atoms with Crippen molar-refractivity contribution in [3.8, 4) is 5.75 Å². The Bertz CT molecular complexity index is 487. The van der Waals surface area contributed by atoms with Gasteiger partial charge in [-0.2, -0.15) is 0 Å². The van der Waals surface area contributed by atoms with E-state index in [0.717, 1.165) is 4.90 Å². The van der Waals surface area contributed by atoms with Gasteiger partial charge in [0, 0.05) is 5.69 Å². The molecule has 0 saturated carbocycles. The summed E-state index contributed by atoms with van der Waals surface area (Å²) in [7, 11) is 0. The molecule has 0 atom stereocenters. The number of aliphatic hydroxyl groups is 2. The van der Waals surface area contributed by atoms with Crippen molar-refractivity contribution in [2.24, 2.45) is 0 Å². The van der Waals surface area contributed by atoms with Gasteiger partial charge >= 0.3 is 6.03 Å². The van der Waals surface area contributed by atoms with Crippen molar-refractivity contribution in [2.75, 3.05) is 31.5 Å². The third kappa shape index (κ3) is 3.61. The molecule has 1 fully saturated rings. The number of benzene rings is 1. The van der Waals surface area contributed by atoms with E-state index in [1.165, 1.54) is 4.90 Å². The third-order valence-corrected chi connectivity index (χ3v) is 3.12. The number of aliphatic hydroxyl groups excluding tert-OH is 2. The van der Waals surface area contributed by atoms with Gasteiger partial charge in [-0.3, -0.25) is 9.69 Å². The molecule has 1 aromatic carbocycles. The lowest BCUT2D eigenvalue weighted by Crippen LogP contribution is -2.58. The van der Waals surface area contributed by atoms with E-state index < -0.39 is 0 Å². The van der Waals surface area contributed by atoms with Gasteiger partial charge in [0.25, 0.3) is 0 Å². The Morgan fingerprint density at radius 1 is 1.38 bits per heavy atom. The Balaban J connectivity index is 1.83. The van der Waals surface area contributed by atoms with Crippen LogP contribution in [0.4, 0.5) is 10.5 Å². The number of urea groups is 1. The normalized spacial score (nSPS) is 14.3. The summed E-state index contributed by atoms with van der Waals surface area (Å²) in [5, 5.41) is 19.8. The first-order valence-electron chi connectivity index (χ1n) is 6.41. The van der Waals surface area contributed by atoms with Crippen LogP contribution < -0.4 is 15.0 Å². The van der Waals surface area contributed by atoms with Crippen molar-refractivity contribution in [1.29, 1.82) is 0 Å². The smallest absolute Gasteiger partial charge is 0.319 e. The van der Waals surface area contributed by atoms with Gasteiger partial charge in [-0.15, -0.1) is 0 Å². The SMILES string of the molecule is O=CN(CO)c1ccc(OC2CN(C(=O)NCO)C2)cc1. The Morgan fingerprint density at radius 3 is 2.57 bits per heavy atom. The lowest BCUT2D eigenvalue weighted by molar-refractivity contribution is -0.108. The molecular weight excluding hydrogens is 278 g/mol. The second kappa shape index (κ2) is 6.91. The number of nitrogens with one attached hydrogen (secondary N) is 1. The van der Waals surface area contributed by atoms with Crippen LogP contribution in [0.3, 0.4) is 0 Å². The number of rotatable bonds is 6. The van der Waals surface area contributed by atoms with E-state index in [1.54, 1.807) is 24.3 Å². The summed E-state index contributed by atoms with van der Waals surface area (Å²) in [6, 6.07) is 6.39. The van der Waals surface area contributed by atoms with Crippen LogP contribution in [0.2, 0.25) is 0 Å². The molecule has 1 saturated heterocycles. The van der Waals surface area contributed by atoms with Crippen molar-refractivity contribution >= 4 is 18.1 Å². The van der Waals surface area contributed by atoms with Crippen molar-refractivity contribution in [3.63, 3.8) is 0 Å². The second-order valence-corrected chi connectivity index (χ2v) is 4.50. The summed E-state index contributed by atoms with van der Waals surface area (Å²) in [5.74, 6) is 0.620. The molecule has 0 bridgehead atoms. The van der Waals surface area contributed by atoms with E-state index >= 15 is 0 Å². The fourth-order valence-electron chi connectivity index (χ4n) is 1.94. The highest BCUT2D eigenvalue weighted by Gasteiger charge is 2.32. The van der Waals surface area contributed by atoms with Gasteiger partial charge < -0.3 is 25.2 Å². The number of anilines is 1. The second-order valence-electron chi connectivity index (χ2n) is 4.50. The fourth-order valence-corrected chi connectivity index (χ4v) is 1.94. The average Bonchev–Trinajstić information content (AvgIpc) is 2.45. The van der Waals surface area contributed by atoms with Crippen LogP contribution in [-0.4, -0.2) is 60.2 Å². The summed E-state index contributed by atoms with van der Waals surface area (Å²) in [5.41, 5.74) is 0.567. The lowest BCUT2D eigenvalue weighted by Gasteiger charge is -2.38. The molecule has 8 nitrogen and oxygen atoms in total. The van der Waals surface area contributed by atoms with E-state index in [-0.39, 0.29) is 25.6 Å². The predicted octanol–water partition coefficient (Wildman–Crippen LogP) is -0.678. The average molecular weight is 295 g/mol. The fraction of sp³-hybridized carbons (Fsp3) is 0.385. The number of hydrogen-bond donors (Lipinski definition) is 3. The minimum Gasteiger partial charge on any atom is -0.487 e. The molecule has 3 N–H and O–H groups in total. The van der Waals surface area contributed by atoms with Crippen LogP contribution in [0.1, 0.15) is 0 Å². The Labute approximate surface area is 121 Å². The summed E-state index contributed by atoms with van der Waals surface area (Å²) in [6.45, 7) is 0.122. The first kappa shape index (κ1) is 15.1. The maximum Gasteiger partial charge on any atom is 0.319 e. The highest BCUT2D eigenvalue weighted by Crippen LogP contribution is 2.21. The number of likely N-dealkylation sites (tertiary alicyclic amines) is 1. The summed E-state index contributed by atoms with van der Waals surface area (Å²) in [6.07, 6.45) is 0.444. The van der Waals surface area contributed by atoms with E-state index in [2.05, 4.69) is 5.32 Å². The molecule has 1 aromatic rings. The van der Waals surface area contributed by atoms with Gasteiger partial charge in [-0.1, -0.05) is 0 Å². The Kier molecular flexibility index (Phi) is 4.96. The Hall–Kier alpha value is -2.32. The van der Waals surface area contributed by atoms with Crippen molar-refractivity contribution in [1.82, 2.24) is 10.2 Å². The molecule has 0 unspecified atom stereocenters. The molecule has 0 radical (unpaired) electrons. The number of carbonyl (C=O) groups excluding carboxylic acids is 2. The summed E-state index contributed by atoms with van der Waals surface area (Å²) >= 11 is 0. The van der Waals surface area contributed by atoms with Crippen LogP contribution in [0.25, 0.3) is 0 Å². The number of carbonyl (C=O) groups is 2. The van der Waals surface area contributed by atoms with Gasteiger partial charge in [0.05, 0.1) is 13.1 Å². The molecule has 21 heavy (non-hydrogen) atoms. The van der Waals surface area contributed by atoms with Crippen LogP contribution >= 0.6 is 0 Å². The molecule has 1 aliphatic rings. The van der Waals surface area contributed by atoms with E-state index in [9.17, 15) is 9.59 Å². The number of ether oxygens (including phenoxy) is 1. The van der Waals surface area contributed by atoms with Gasteiger partial charge in [0.15, 0.2) is 0 Å². The molecule has 0 aliphatic carbocycles. The maximum atomic E-state index is 11.3. The third-order valence-electron chi connectivity index (χ3n) is 3.12. The van der Waals surface area contributed by atoms with Crippen LogP contribution in [0.15, 0.2) is 24.3 Å². The van der Waals surface area contributed by atoms with E-state index in [0.29, 0.717) is 30.9 Å². The monoisotopic (exact) mass is 295 g/mol. The standard InChI is InChI=1S/C13H17N3O5/c17-7-14-13(20)15-5-12(6-15)21-11-3-1-10(2-4-11)16(8-18)9-19/h1-4,8,12,17,19H,5-7,9H2,(H,14,20). The number of hydrogen-bond acceptors (Lipinski definition) is 5. The first-order chi connectivity index (χ1) is 10.2. The molecule has 3 amide bonds. The van der Waals surface area contributed by atoms with Crippen LogP contribution in [0.5, 0.6) is 5.75 Å². The summed E-state index contributed by atoms with van der Waals surface area (Å²) in [4.78, 5) is 24.7. The zero-order valence-electron chi connectivity index (χ0n) is 11.3. The highest BCUT2D eigenvalue weighted by atomic mass is 16.5. The Morgan fingerprint density at radius 2 is 2.05 bits per heavy atom. The van der Waals surface area contributed by atoms with Crippen molar-refractivity contribution in [2.45, 2.75) is 6.10 Å². The highest BCUT2D eigenvalue weighted by molar-refractivity contribution is 5.75. The molecule has 2 rings (SSSR count). The molecule has 0 aromatic heterocycles. The molecule has 1 aliphatic heterocycles. The first-order valence-corrected chi connectivity index (χ1v) is 6.41. The van der Waals surface area contributed by atoms with Gasteiger partial charge in [-0.05, 0) is 24.3 Å². The zero-order valence-corrected chi connectivity index (χ0v) is 11.3. The minimum absolute atomic E-state index is 0.0969. The number of nitrogens with zero attached hydrogens (tertiary/aromatic N) is 2. The topological polar surface area (TPSA) is 102 Å². The predicted molar refractivity (Wildman–Crippen MR) is 73.7 cm³/mol. The van der Waals surface area contributed by atoms with E-state index in [1.807, 2.05) is 0 Å². The van der Waals surface area contributed by atoms with Crippen molar-refractivity contribution < 1.29 is 24.5 Å². The zero-order chi connectivity index (χ0) is 15.2. The largest absolute Gasteiger partial charge is 0.487 e. The quantitative estimate of drug-likeness (QED) is 0.477. The van der Waals surface area contributed by atoms with Gasteiger partial charge in [0.1, 0.15) is 25.3 Å². The van der Waals surface area contributed by atoms with Crippen LogP contribution in [0, 0.1) is 0 Å². The molecular formula is C13H17N3O5. The molecule has 1 heterocycles. The van der Waals surface area contributed by atoms with Gasteiger partial charge in [0.2, 0.25) is 6.41 Å².